The van der Waals surface area contributed by atoms with Crippen molar-refractivity contribution in [2.75, 3.05) is 0 Å². The standard InChI is InChI=1S/Co.Ni.4S. The van der Waals surface area contributed by atoms with Crippen LogP contribution in [0.1, 0.15) is 0 Å². The van der Waals surface area contributed by atoms with Crippen molar-refractivity contribution in [1.29, 1.82) is 0 Å². The maximum atomic E-state index is 4.36. The first-order chi connectivity index (χ1) is 2.00. The Balaban J connectivity index is 0. The van der Waals surface area contributed by atoms with E-state index in [0.29, 0.717) is 0 Å². The minimum absolute atomic E-state index is 0. The van der Waals surface area contributed by atoms with Gasteiger partial charge in [-0.3, -0.25) is 0 Å². The first kappa shape index (κ1) is 10.8. The van der Waals surface area contributed by atoms with Crippen LogP contribution in [0.2, 0.25) is 0 Å². The molecule has 0 aromatic carbocycles. The van der Waals surface area contributed by atoms with Gasteiger partial charge in [-0.25, -0.2) is 0 Å². The van der Waals surface area contributed by atoms with E-state index in [4.69, 9.17) is 0 Å². The molecule has 6 heteroatoms. The van der Waals surface area contributed by atoms with Gasteiger partial charge < -0.3 is 0 Å². The Morgan fingerprint density at radius 1 is 0.833 bits per heavy atom. The Morgan fingerprint density at radius 3 is 0.833 bits per heavy atom. The zero-order valence-corrected chi connectivity index (χ0v) is 7.58. The van der Waals surface area contributed by atoms with Gasteiger partial charge >= 0.3 is 48.6 Å². The van der Waals surface area contributed by atoms with Gasteiger partial charge in [0.1, 0.15) is 0 Å². The molecule has 0 aromatic heterocycles. The number of hydrogen-bond donors (Lipinski definition) is 0. The second kappa shape index (κ2) is 3.83. The second-order valence-electron chi connectivity index (χ2n) is 0.316. The van der Waals surface area contributed by atoms with E-state index >= 15 is 0 Å². The molecule has 1 radical (unpaired) electrons. The predicted octanol–water partition coefficient (Wildman–Crippen LogP) is 2.59. The van der Waals surface area contributed by atoms with E-state index in [-0.39, 0.29) is 16.8 Å². The molecule has 0 amide bonds. The summed E-state index contributed by atoms with van der Waals surface area (Å²) in [5.41, 5.74) is 0. The summed E-state index contributed by atoms with van der Waals surface area (Å²) in [6, 6.07) is 0. The van der Waals surface area contributed by atoms with Crippen LogP contribution in [0.15, 0.2) is 0 Å². The van der Waals surface area contributed by atoms with Crippen LogP contribution in [-0.2, 0) is 22.8 Å². The molecule has 0 aromatic rings. The Morgan fingerprint density at radius 2 is 0.833 bits per heavy atom. The van der Waals surface area contributed by atoms with Crippen molar-refractivity contribution in [3.8, 4) is 0 Å². The van der Waals surface area contributed by atoms with Crippen LogP contribution in [0.3, 0.4) is 0 Å². The van der Waals surface area contributed by atoms with Crippen LogP contribution >= 0.6 is 42.6 Å². The van der Waals surface area contributed by atoms with Gasteiger partial charge in [0.2, 0.25) is 0 Å². The molecule has 0 aliphatic carbocycles. The average Bonchev–Trinajstić information content (AvgIpc) is 0.722. The summed E-state index contributed by atoms with van der Waals surface area (Å²) in [5.74, 6) is -1.92. The van der Waals surface area contributed by atoms with Crippen LogP contribution in [0.5, 0.6) is 0 Å². The second-order valence-corrected chi connectivity index (χ2v) is 11.7. The zero-order chi connectivity index (χ0) is 4.50. The van der Waals surface area contributed by atoms with Crippen molar-refractivity contribution < 1.29 is 22.8 Å². The van der Waals surface area contributed by atoms with Gasteiger partial charge in [0.25, 0.3) is 0 Å². The van der Waals surface area contributed by atoms with Crippen molar-refractivity contribution in [3.05, 3.63) is 0 Å². The van der Waals surface area contributed by atoms with Gasteiger partial charge in [-0.1, -0.05) is 0 Å². The van der Waals surface area contributed by atoms with Crippen LogP contribution < -0.4 is 0 Å². The van der Waals surface area contributed by atoms with E-state index in [0.717, 1.165) is 0 Å². The Hall–Kier alpha value is 1.88. The number of hydrogen-bond acceptors (Lipinski definition) is 4. The Kier molecular flexibility index (Phi) is 6.89. The van der Waals surface area contributed by atoms with Crippen LogP contribution in [0.25, 0.3) is 0 Å². The van der Waals surface area contributed by atoms with Gasteiger partial charge in [-0.05, 0) is 0 Å². The summed E-state index contributed by atoms with van der Waals surface area (Å²) in [7, 11) is 17.5. The molecule has 0 saturated carbocycles. The minimum atomic E-state index is -1.92. The van der Waals surface area contributed by atoms with E-state index in [1.807, 2.05) is 0 Å². The molecule has 0 spiro atoms. The molecule has 43 valence electrons. The summed E-state index contributed by atoms with van der Waals surface area (Å²) in [5, 5.41) is 0. The number of rotatable bonds is 0. The predicted molar refractivity (Wildman–Crippen MR) is 30.4 cm³/mol. The van der Waals surface area contributed by atoms with Crippen molar-refractivity contribution in [1.82, 2.24) is 0 Å². The van der Waals surface area contributed by atoms with Crippen molar-refractivity contribution in [2.24, 2.45) is 0 Å². The van der Waals surface area contributed by atoms with E-state index in [9.17, 15) is 0 Å². The zero-order valence-electron chi connectivity index (χ0n) is 2.28. The van der Waals surface area contributed by atoms with E-state index in [2.05, 4.69) is 42.6 Å². The monoisotopic (exact) mass is 245 g/mol. The summed E-state index contributed by atoms with van der Waals surface area (Å²) >= 11 is 0. The third-order valence-electron chi connectivity index (χ3n) is 0. The molecule has 0 aliphatic heterocycles. The molecule has 0 rings (SSSR count). The van der Waals surface area contributed by atoms with Crippen LogP contribution in [0.4, 0.5) is 0 Å². The van der Waals surface area contributed by atoms with E-state index in [1.165, 1.54) is 0 Å². The fraction of sp³-hybridized carbons (Fsp3) is 0. The van der Waals surface area contributed by atoms with Gasteiger partial charge in [-0.15, -0.1) is 0 Å². The Bertz CT molecular complexity index is 159. The third kappa shape index (κ3) is 39.6. The summed E-state index contributed by atoms with van der Waals surface area (Å²) < 4.78 is 0. The first-order valence-electron chi connectivity index (χ1n) is 0.516. The SMILES string of the molecule is [Co].[S]=[Ni](=[S])(=[S])=[S]. The summed E-state index contributed by atoms with van der Waals surface area (Å²) in [4.78, 5) is 0. The van der Waals surface area contributed by atoms with Gasteiger partial charge in [0.15, 0.2) is 0 Å². The van der Waals surface area contributed by atoms with Gasteiger partial charge in [-0.2, -0.15) is 0 Å². The van der Waals surface area contributed by atoms with Crippen molar-refractivity contribution >= 4 is 42.6 Å². The third-order valence-corrected chi connectivity index (χ3v) is 0. The van der Waals surface area contributed by atoms with Crippen molar-refractivity contribution in [2.45, 2.75) is 0 Å². The first-order valence-corrected chi connectivity index (χ1v) is 6.39. The topological polar surface area (TPSA) is 0 Å². The maximum absolute atomic E-state index is 4.36. The van der Waals surface area contributed by atoms with E-state index in [1.54, 1.807) is 0 Å². The van der Waals surface area contributed by atoms with Crippen LogP contribution in [-0.4, -0.2) is 0 Å². The summed E-state index contributed by atoms with van der Waals surface area (Å²) in [6.45, 7) is 0. The molecular formula is CoNiS4. The molecule has 0 N–H and O–H groups in total. The van der Waals surface area contributed by atoms with Crippen molar-refractivity contribution in [3.63, 3.8) is 0 Å². The normalized spacial score (nSPS) is 12.0. The molecular weight excluding hydrogens is 246 g/mol. The van der Waals surface area contributed by atoms with Crippen LogP contribution in [0, 0.1) is 0 Å². The molecule has 6 heavy (non-hydrogen) atoms. The summed E-state index contributed by atoms with van der Waals surface area (Å²) in [6.07, 6.45) is 0. The molecule has 0 heterocycles. The van der Waals surface area contributed by atoms with E-state index < -0.39 is 5.98 Å². The average molecular weight is 246 g/mol. The fourth-order valence-corrected chi connectivity index (χ4v) is 0. The fourth-order valence-electron chi connectivity index (χ4n) is 0. The van der Waals surface area contributed by atoms with Gasteiger partial charge in [0, 0.05) is 16.8 Å². The molecule has 0 aliphatic rings. The molecule has 0 atom stereocenters. The Labute approximate surface area is 64.6 Å². The molecule has 0 nitrogen and oxygen atoms in total. The molecule has 0 unspecified atom stereocenters. The molecule has 0 bridgehead atoms. The van der Waals surface area contributed by atoms with Gasteiger partial charge in [0.05, 0.1) is 0 Å². The molecule has 0 saturated heterocycles. The quantitative estimate of drug-likeness (QED) is 0.602. The molecule has 0 fully saturated rings.